The van der Waals surface area contributed by atoms with Gasteiger partial charge in [-0.05, 0) is 49.8 Å². The third-order valence-corrected chi connectivity index (χ3v) is 5.17. The summed E-state index contributed by atoms with van der Waals surface area (Å²) in [5, 5.41) is 13.8. The Morgan fingerprint density at radius 1 is 1.42 bits per heavy atom. The van der Waals surface area contributed by atoms with Crippen molar-refractivity contribution in [3.05, 3.63) is 34.1 Å². The molecule has 0 aromatic heterocycles. The Balaban J connectivity index is 1.69. The van der Waals surface area contributed by atoms with Crippen LogP contribution in [-0.2, 0) is 0 Å². The monoisotopic (exact) mass is 327 g/mol. The van der Waals surface area contributed by atoms with E-state index >= 15 is 0 Å². The fraction of sp³-hybridized carbons (Fsp3) is 0.600. The van der Waals surface area contributed by atoms with Gasteiger partial charge in [0.2, 0.25) is 0 Å². The number of hydrogen-bond donors (Lipinski definition) is 2. The molecular formula is C15H19BrFNO. The van der Waals surface area contributed by atoms with E-state index in [1.54, 1.807) is 12.1 Å². The number of aliphatic hydroxyl groups excluding tert-OH is 1. The van der Waals surface area contributed by atoms with E-state index in [2.05, 4.69) is 21.2 Å². The van der Waals surface area contributed by atoms with Gasteiger partial charge >= 0.3 is 0 Å². The minimum absolute atomic E-state index is 0.331. The van der Waals surface area contributed by atoms with Gasteiger partial charge in [-0.3, -0.25) is 0 Å². The number of aliphatic hydroxyl groups is 1. The van der Waals surface area contributed by atoms with E-state index in [9.17, 15) is 9.50 Å². The topological polar surface area (TPSA) is 32.3 Å². The Bertz CT molecular complexity index is 467. The number of hydrogen-bond acceptors (Lipinski definition) is 2. The fourth-order valence-electron chi connectivity index (χ4n) is 3.70. The van der Waals surface area contributed by atoms with E-state index in [1.165, 1.54) is 25.3 Å². The SMILES string of the molecule is OC(CC1NCC2CCCC21)c1ccc(Br)cc1F. The number of rotatable bonds is 3. The zero-order chi connectivity index (χ0) is 13.4. The summed E-state index contributed by atoms with van der Waals surface area (Å²) in [7, 11) is 0. The molecule has 2 aliphatic rings. The minimum Gasteiger partial charge on any atom is -0.388 e. The molecule has 4 unspecified atom stereocenters. The van der Waals surface area contributed by atoms with Crippen molar-refractivity contribution < 1.29 is 9.50 Å². The van der Waals surface area contributed by atoms with E-state index in [0.717, 1.165) is 12.5 Å². The van der Waals surface area contributed by atoms with Crippen molar-refractivity contribution in [3.8, 4) is 0 Å². The average Bonchev–Trinajstić information content (AvgIpc) is 2.94. The third kappa shape index (κ3) is 2.71. The third-order valence-electron chi connectivity index (χ3n) is 4.68. The Labute approximate surface area is 121 Å². The maximum Gasteiger partial charge on any atom is 0.130 e. The van der Waals surface area contributed by atoms with E-state index in [1.807, 2.05) is 0 Å². The summed E-state index contributed by atoms with van der Waals surface area (Å²) in [5.74, 6) is 1.11. The molecule has 0 radical (unpaired) electrons. The number of fused-ring (bicyclic) bond motifs is 1. The van der Waals surface area contributed by atoms with Crippen molar-refractivity contribution in [2.24, 2.45) is 11.8 Å². The highest BCUT2D eigenvalue weighted by molar-refractivity contribution is 9.10. The van der Waals surface area contributed by atoms with E-state index < -0.39 is 6.10 Å². The molecule has 19 heavy (non-hydrogen) atoms. The molecule has 1 saturated carbocycles. The van der Waals surface area contributed by atoms with Crippen molar-refractivity contribution in [3.63, 3.8) is 0 Å². The summed E-state index contributed by atoms with van der Waals surface area (Å²) < 4.78 is 14.5. The Kier molecular flexibility index (Phi) is 3.92. The highest BCUT2D eigenvalue weighted by atomic mass is 79.9. The smallest absolute Gasteiger partial charge is 0.130 e. The Morgan fingerprint density at radius 3 is 3.05 bits per heavy atom. The van der Waals surface area contributed by atoms with E-state index in [-0.39, 0.29) is 5.82 Å². The summed E-state index contributed by atoms with van der Waals surface area (Å²) in [6.45, 7) is 1.06. The van der Waals surface area contributed by atoms with Crippen molar-refractivity contribution in [2.45, 2.75) is 37.8 Å². The van der Waals surface area contributed by atoms with Gasteiger partial charge in [0.25, 0.3) is 0 Å². The zero-order valence-electron chi connectivity index (χ0n) is 10.8. The van der Waals surface area contributed by atoms with E-state index in [4.69, 9.17) is 0 Å². The molecule has 1 saturated heterocycles. The molecule has 1 aromatic carbocycles. The lowest BCUT2D eigenvalue weighted by Crippen LogP contribution is -2.29. The lowest BCUT2D eigenvalue weighted by atomic mass is 9.89. The van der Waals surface area contributed by atoms with Crippen molar-refractivity contribution in [1.29, 1.82) is 0 Å². The number of nitrogens with one attached hydrogen (secondary N) is 1. The van der Waals surface area contributed by atoms with Gasteiger partial charge in [0, 0.05) is 16.1 Å². The van der Waals surface area contributed by atoms with Crippen LogP contribution >= 0.6 is 15.9 Å². The summed E-state index contributed by atoms with van der Waals surface area (Å²) >= 11 is 3.24. The standard InChI is InChI=1S/C15H19BrFNO/c16-10-4-5-12(13(17)6-10)15(19)7-14-11-3-1-2-9(11)8-18-14/h4-6,9,11,14-15,18-19H,1-3,7-8H2. The second-order valence-electron chi connectivity index (χ2n) is 5.79. The summed E-state index contributed by atoms with van der Waals surface area (Å²) in [4.78, 5) is 0. The molecule has 2 fully saturated rings. The molecule has 3 rings (SSSR count). The Morgan fingerprint density at radius 2 is 2.26 bits per heavy atom. The van der Waals surface area contributed by atoms with Crippen LogP contribution in [0.25, 0.3) is 0 Å². The Hall–Kier alpha value is -0.450. The van der Waals surface area contributed by atoms with Crippen LogP contribution < -0.4 is 5.32 Å². The first kappa shape index (κ1) is 13.5. The van der Waals surface area contributed by atoms with Crippen LogP contribution in [0, 0.1) is 17.7 Å². The van der Waals surface area contributed by atoms with Crippen molar-refractivity contribution >= 4 is 15.9 Å². The molecule has 0 spiro atoms. The second kappa shape index (κ2) is 5.51. The first-order chi connectivity index (χ1) is 9.15. The molecule has 0 amide bonds. The highest BCUT2D eigenvalue weighted by Gasteiger charge is 2.39. The molecule has 104 valence electrons. The molecule has 1 heterocycles. The minimum atomic E-state index is -0.718. The molecule has 1 aliphatic carbocycles. The first-order valence-electron chi connectivity index (χ1n) is 7.01. The molecule has 4 heteroatoms. The average molecular weight is 328 g/mol. The summed E-state index contributed by atoms with van der Waals surface area (Å²) in [6, 6.07) is 5.21. The molecule has 2 nitrogen and oxygen atoms in total. The molecule has 4 atom stereocenters. The molecule has 2 N–H and O–H groups in total. The summed E-state index contributed by atoms with van der Waals surface area (Å²) in [6.07, 6.45) is 3.75. The van der Waals surface area contributed by atoms with Gasteiger partial charge in [-0.25, -0.2) is 4.39 Å². The fourth-order valence-corrected chi connectivity index (χ4v) is 4.03. The van der Waals surface area contributed by atoms with Crippen LogP contribution in [0.2, 0.25) is 0 Å². The normalized spacial score (nSPS) is 31.4. The predicted molar refractivity (Wildman–Crippen MR) is 76.3 cm³/mol. The van der Waals surface area contributed by atoms with Crippen LogP contribution in [0.15, 0.2) is 22.7 Å². The quantitative estimate of drug-likeness (QED) is 0.891. The van der Waals surface area contributed by atoms with Crippen LogP contribution in [0.4, 0.5) is 4.39 Å². The zero-order valence-corrected chi connectivity index (χ0v) is 12.4. The van der Waals surface area contributed by atoms with Crippen LogP contribution in [0.5, 0.6) is 0 Å². The van der Waals surface area contributed by atoms with Gasteiger partial charge in [0.05, 0.1) is 6.10 Å². The predicted octanol–water partition coefficient (Wildman–Crippen LogP) is 3.40. The second-order valence-corrected chi connectivity index (χ2v) is 6.70. The summed E-state index contributed by atoms with van der Waals surface area (Å²) in [5.41, 5.74) is 0.409. The molecule has 0 bridgehead atoms. The van der Waals surface area contributed by atoms with Gasteiger partial charge < -0.3 is 10.4 Å². The van der Waals surface area contributed by atoms with Crippen molar-refractivity contribution in [1.82, 2.24) is 5.32 Å². The van der Waals surface area contributed by atoms with Crippen LogP contribution in [-0.4, -0.2) is 17.7 Å². The molecule has 1 aliphatic heterocycles. The van der Waals surface area contributed by atoms with Crippen molar-refractivity contribution in [2.75, 3.05) is 6.54 Å². The van der Waals surface area contributed by atoms with Gasteiger partial charge in [-0.15, -0.1) is 0 Å². The lowest BCUT2D eigenvalue weighted by Gasteiger charge is -2.22. The largest absolute Gasteiger partial charge is 0.388 e. The maximum absolute atomic E-state index is 13.8. The molecule has 1 aromatic rings. The van der Waals surface area contributed by atoms with Gasteiger partial charge in [0.15, 0.2) is 0 Å². The van der Waals surface area contributed by atoms with Gasteiger partial charge in [-0.2, -0.15) is 0 Å². The first-order valence-corrected chi connectivity index (χ1v) is 7.81. The highest BCUT2D eigenvalue weighted by Crippen LogP contribution is 2.40. The van der Waals surface area contributed by atoms with Crippen LogP contribution in [0.3, 0.4) is 0 Å². The van der Waals surface area contributed by atoms with Crippen LogP contribution in [0.1, 0.15) is 37.4 Å². The van der Waals surface area contributed by atoms with Gasteiger partial charge in [0.1, 0.15) is 5.82 Å². The van der Waals surface area contributed by atoms with E-state index in [0.29, 0.717) is 28.4 Å². The lowest BCUT2D eigenvalue weighted by molar-refractivity contribution is 0.141. The molecular weight excluding hydrogens is 309 g/mol. The number of halogens is 2. The van der Waals surface area contributed by atoms with Gasteiger partial charge in [-0.1, -0.05) is 28.4 Å². The number of benzene rings is 1. The maximum atomic E-state index is 13.8.